The lowest BCUT2D eigenvalue weighted by atomic mass is 9.92. The van der Waals surface area contributed by atoms with Gasteiger partial charge in [0.15, 0.2) is 0 Å². The smallest absolute Gasteiger partial charge is 0.315 e. The van der Waals surface area contributed by atoms with Gasteiger partial charge in [-0.1, -0.05) is 17.7 Å². The van der Waals surface area contributed by atoms with E-state index in [0.29, 0.717) is 0 Å². The number of rotatable bonds is 3. The first-order valence-electron chi connectivity index (χ1n) is 12.0. The second-order valence-electron chi connectivity index (χ2n) is 9.44. The van der Waals surface area contributed by atoms with Crippen molar-refractivity contribution >= 4 is 33.6 Å². The standard InChI is InChI=1S/C25H31BrClN5O/c26-18-13-17-2-1-16-14-19(27)3-4-22(16)24(23(17)30-15-18)31-11-7-21(8-12-31)32(25(28)33)20-5-9-29-10-6-20/h3-4,13-15,20-21,24,29H,1-2,5-12H2,(H2,28,33). The second-order valence-corrected chi connectivity index (χ2v) is 10.8. The molecule has 6 nitrogen and oxygen atoms in total. The summed E-state index contributed by atoms with van der Waals surface area (Å²) in [7, 11) is 0. The molecule has 1 aromatic heterocycles. The highest BCUT2D eigenvalue weighted by atomic mass is 79.9. The minimum absolute atomic E-state index is 0.102. The topological polar surface area (TPSA) is 74.5 Å². The van der Waals surface area contributed by atoms with Crippen LogP contribution in [0.25, 0.3) is 0 Å². The fraction of sp³-hybridized carbons (Fsp3) is 0.520. The number of hydrogen-bond acceptors (Lipinski definition) is 4. The van der Waals surface area contributed by atoms with Gasteiger partial charge in [-0.3, -0.25) is 9.88 Å². The molecule has 2 aromatic rings. The van der Waals surface area contributed by atoms with Gasteiger partial charge in [0.25, 0.3) is 0 Å². The number of nitrogens with one attached hydrogen (secondary N) is 1. The fourth-order valence-electron chi connectivity index (χ4n) is 5.95. The van der Waals surface area contributed by atoms with Crippen molar-refractivity contribution in [3.8, 4) is 0 Å². The molecule has 0 radical (unpaired) electrons. The molecule has 2 fully saturated rings. The number of carbonyl (C=O) groups excluding carboxylic acids is 1. The molecule has 176 valence electrons. The number of nitrogens with zero attached hydrogens (tertiary/aromatic N) is 3. The molecule has 0 bridgehead atoms. The predicted molar refractivity (Wildman–Crippen MR) is 135 cm³/mol. The number of likely N-dealkylation sites (tertiary alicyclic amines) is 1. The van der Waals surface area contributed by atoms with E-state index in [2.05, 4.69) is 44.3 Å². The minimum Gasteiger partial charge on any atom is -0.351 e. The van der Waals surface area contributed by atoms with E-state index >= 15 is 0 Å². The van der Waals surface area contributed by atoms with E-state index in [-0.39, 0.29) is 24.2 Å². The molecule has 1 unspecified atom stereocenters. The first kappa shape index (κ1) is 23.1. The Labute approximate surface area is 209 Å². The number of primary amides is 1. The van der Waals surface area contributed by atoms with Crippen LogP contribution < -0.4 is 11.1 Å². The van der Waals surface area contributed by atoms with Crippen molar-refractivity contribution in [1.82, 2.24) is 20.1 Å². The molecule has 2 saturated heterocycles. The highest BCUT2D eigenvalue weighted by Gasteiger charge is 2.37. The van der Waals surface area contributed by atoms with Crippen LogP contribution in [0.1, 0.15) is 54.1 Å². The molecule has 0 saturated carbocycles. The molecule has 1 aliphatic carbocycles. The van der Waals surface area contributed by atoms with E-state index in [1.165, 1.54) is 16.7 Å². The van der Waals surface area contributed by atoms with Crippen LogP contribution in [0.2, 0.25) is 5.02 Å². The number of pyridine rings is 1. The maximum Gasteiger partial charge on any atom is 0.315 e. The summed E-state index contributed by atoms with van der Waals surface area (Å²) in [6.45, 7) is 3.71. The number of urea groups is 1. The average Bonchev–Trinajstić information content (AvgIpc) is 2.96. The molecule has 8 heteroatoms. The molecule has 3 heterocycles. The maximum absolute atomic E-state index is 12.4. The third kappa shape index (κ3) is 4.78. The zero-order valence-corrected chi connectivity index (χ0v) is 21.1. The Morgan fingerprint density at radius 2 is 1.79 bits per heavy atom. The zero-order chi connectivity index (χ0) is 22.9. The molecular formula is C25H31BrClN5O. The summed E-state index contributed by atoms with van der Waals surface area (Å²) in [5.41, 5.74) is 10.9. The minimum atomic E-state index is -0.272. The van der Waals surface area contributed by atoms with Crippen molar-refractivity contribution in [2.24, 2.45) is 5.73 Å². The van der Waals surface area contributed by atoms with Gasteiger partial charge in [0.05, 0.1) is 11.7 Å². The van der Waals surface area contributed by atoms with E-state index < -0.39 is 0 Å². The number of carbonyl (C=O) groups is 1. The molecule has 0 spiro atoms. The van der Waals surface area contributed by atoms with Crippen molar-refractivity contribution in [1.29, 1.82) is 0 Å². The number of benzene rings is 1. The van der Waals surface area contributed by atoms with Crippen LogP contribution in [0.15, 0.2) is 34.9 Å². The van der Waals surface area contributed by atoms with Gasteiger partial charge in [0, 0.05) is 40.9 Å². The Balaban J connectivity index is 1.41. The van der Waals surface area contributed by atoms with Gasteiger partial charge in [-0.2, -0.15) is 0 Å². The van der Waals surface area contributed by atoms with Crippen LogP contribution >= 0.6 is 27.5 Å². The van der Waals surface area contributed by atoms with Crippen molar-refractivity contribution < 1.29 is 4.79 Å². The van der Waals surface area contributed by atoms with E-state index in [4.69, 9.17) is 22.3 Å². The lowest BCUT2D eigenvalue weighted by molar-refractivity contribution is 0.0771. The van der Waals surface area contributed by atoms with E-state index in [1.54, 1.807) is 0 Å². The fourth-order valence-corrected chi connectivity index (χ4v) is 6.52. The van der Waals surface area contributed by atoms with Crippen molar-refractivity contribution in [3.63, 3.8) is 0 Å². The number of fused-ring (bicyclic) bond motifs is 2. The van der Waals surface area contributed by atoms with Gasteiger partial charge in [-0.25, -0.2) is 4.79 Å². The summed E-state index contributed by atoms with van der Waals surface area (Å²) in [5, 5.41) is 4.17. The molecule has 2 amide bonds. The van der Waals surface area contributed by atoms with Crippen molar-refractivity contribution in [2.75, 3.05) is 26.2 Å². The number of halogens is 2. The normalized spacial score (nSPS) is 22.3. The molecule has 3 aliphatic rings. The third-order valence-electron chi connectivity index (χ3n) is 7.50. The molecule has 33 heavy (non-hydrogen) atoms. The third-order valence-corrected chi connectivity index (χ3v) is 8.17. The zero-order valence-electron chi connectivity index (χ0n) is 18.8. The van der Waals surface area contributed by atoms with E-state index in [0.717, 1.165) is 79.9 Å². The van der Waals surface area contributed by atoms with Gasteiger partial charge in [-0.15, -0.1) is 0 Å². The van der Waals surface area contributed by atoms with Crippen molar-refractivity contribution in [2.45, 2.75) is 56.7 Å². The number of piperidine rings is 2. The van der Waals surface area contributed by atoms with Crippen LogP contribution in [-0.2, 0) is 12.8 Å². The van der Waals surface area contributed by atoms with E-state index in [1.807, 2.05) is 17.2 Å². The molecule has 1 aromatic carbocycles. The highest BCUT2D eigenvalue weighted by molar-refractivity contribution is 9.10. The number of aryl methyl sites for hydroxylation is 2. The van der Waals surface area contributed by atoms with Gasteiger partial charge < -0.3 is 16.0 Å². The second kappa shape index (κ2) is 9.90. The summed E-state index contributed by atoms with van der Waals surface area (Å²) in [4.78, 5) is 21.8. The molecule has 2 aliphatic heterocycles. The molecule has 5 rings (SSSR count). The Kier molecular flexibility index (Phi) is 6.93. The van der Waals surface area contributed by atoms with Crippen LogP contribution in [0.3, 0.4) is 0 Å². The first-order chi connectivity index (χ1) is 16.0. The maximum atomic E-state index is 12.4. The van der Waals surface area contributed by atoms with Crippen LogP contribution in [-0.4, -0.2) is 59.1 Å². The summed E-state index contributed by atoms with van der Waals surface area (Å²) in [6.07, 6.45) is 7.63. The largest absolute Gasteiger partial charge is 0.351 e. The lowest BCUT2D eigenvalue weighted by Gasteiger charge is -2.44. The van der Waals surface area contributed by atoms with Crippen LogP contribution in [0.5, 0.6) is 0 Å². The van der Waals surface area contributed by atoms with Gasteiger partial charge >= 0.3 is 6.03 Å². The SMILES string of the molecule is NC(=O)N(C1CCNCC1)C1CCN(C2c3ccc(Cl)cc3CCc3cc(Br)cnc32)CC1. The number of aromatic nitrogens is 1. The number of hydrogen-bond donors (Lipinski definition) is 2. The monoisotopic (exact) mass is 531 g/mol. The summed E-state index contributed by atoms with van der Waals surface area (Å²) >= 11 is 9.97. The number of amides is 2. The van der Waals surface area contributed by atoms with Crippen LogP contribution in [0, 0.1) is 0 Å². The predicted octanol–water partition coefficient (Wildman–Crippen LogP) is 4.28. The average molecular weight is 533 g/mol. The Hall–Kier alpha value is -1.67. The Morgan fingerprint density at radius 3 is 2.52 bits per heavy atom. The van der Waals surface area contributed by atoms with Gasteiger partial charge in [-0.05, 0) is 102 Å². The summed E-state index contributed by atoms with van der Waals surface area (Å²) in [5.74, 6) is 0. The van der Waals surface area contributed by atoms with E-state index in [9.17, 15) is 4.79 Å². The molecule has 3 N–H and O–H groups in total. The number of nitrogens with two attached hydrogens (primary N) is 1. The Morgan fingerprint density at radius 1 is 1.09 bits per heavy atom. The quantitative estimate of drug-likeness (QED) is 0.619. The Bertz CT molecular complexity index is 966. The van der Waals surface area contributed by atoms with Gasteiger partial charge in [0.1, 0.15) is 0 Å². The van der Waals surface area contributed by atoms with Crippen molar-refractivity contribution in [3.05, 3.63) is 62.3 Å². The summed E-state index contributed by atoms with van der Waals surface area (Å²) < 4.78 is 1.02. The lowest BCUT2D eigenvalue weighted by Crippen LogP contribution is -2.56. The van der Waals surface area contributed by atoms with Crippen LogP contribution in [0.4, 0.5) is 4.79 Å². The molecular weight excluding hydrogens is 502 g/mol. The van der Waals surface area contributed by atoms with Gasteiger partial charge in [0.2, 0.25) is 0 Å². The highest BCUT2D eigenvalue weighted by Crippen LogP contribution is 2.39. The first-order valence-corrected chi connectivity index (χ1v) is 13.1. The summed E-state index contributed by atoms with van der Waals surface area (Å²) in [6, 6.07) is 8.78. The molecule has 1 atom stereocenters.